The van der Waals surface area contributed by atoms with E-state index in [9.17, 15) is 0 Å². The summed E-state index contributed by atoms with van der Waals surface area (Å²) < 4.78 is 11.7. The van der Waals surface area contributed by atoms with E-state index in [1.54, 1.807) is 0 Å². The third kappa shape index (κ3) is 8.59. The van der Waals surface area contributed by atoms with Gasteiger partial charge in [-0.05, 0) is 60.5 Å². The fourth-order valence-electron chi connectivity index (χ4n) is 4.26. The summed E-state index contributed by atoms with van der Waals surface area (Å²) in [7, 11) is -1.66. The van der Waals surface area contributed by atoms with E-state index in [0.717, 1.165) is 13.2 Å². The van der Waals surface area contributed by atoms with Gasteiger partial charge in [0.1, 0.15) is 0 Å². The normalized spacial score (nSPS) is 22.9. The summed E-state index contributed by atoms with van der Waals surface area (Å²) in [6.45, 7) is 4.40. The number of hydrogen-bond acceptors (Lipinski definition) is 2. The molecule has 0 radical (unpaired) electrons. The standard InChI is InChI=1S/C14H22OSi.C11H16OSi/c1-13(14-7-3-2-4-8-14)9-12-16-11-6-5-10-15-16;1-2-6-11(7-3-1)10-13-9-5-4-8-12-13/h2-4,7-8,13,16H,5-6,9-12H2,1H3;1-3,6-7,13H,4-5,8-10H2. The first kappa shape index (κ1) is 22.5. The van der Waals surface area contributed by atoms with Crippen molar-refractivity contribution < 1.29 is 8.85 Å². The first-order valence-corrected chi connectivity index (χ1v) is 15.8. The van der Waals surface area contributed by atoms with Crippen molar-refractivity contribution in [2.45, 2.75) is 69.1 Å². The van der Waals surface area contributed by atoms with E-state index in [2.05, 4.69) is 67.6 Å². The molecule has 2 aromatic carbocycles. The van der Waals surface area contributed by atoms with Crippen LogP contribution in [0.1, 0.15) is 56.1 Å². The molecule has 4 heteroatoms. The van der Waals surface area contributed by atoms with Gasteiger partial charge in [-0.15, -0.1) is 0 Å². The van der Waals surface area contributed by atoms with Crippen LogP contribution in [0.25, 0.3) is 0 Å². The molecule has 2 saturated heterocycles. The number of benzene rings is 2. The fraction of sp³-hybridized carbons (Fsp3) is 0.520. The zero-order chi connectivity index (χ0) is 20.2. The first-order chi connectivity index (χ1) is 14.3. The lowest BCUT2D eigenvalue weighted by atomic mass is 9.99. The van der Waals surface area contributed by atoms with Gasteiger partial charge in [-0.3, -0.25) is 0 Å². The van der Waals surface area contributed by atoms with E-state index in [1.807, 2.05) is 0 Å². The molecule has 2 nitrogen and oxygen atoms in total. The van der Waals surface area contributed by atoms with Crippen molar-refractivity contribution in [3.8, 4) is 0 Å². The summed E-state index contributed by atoms with van der Waals surface area (Å²) in [4.78, 5) is 0. The average Bonchev–Trinajstić information content (AvgIpc) is 2.80. The quantitative estimate of drug-likeness (QED) is 0.526. The minimum absolute atomic E-state index is 0.694. The Morgan fingerprint density at radius 2 is 1.34 bits per heavy atom. The molecule has 0 aromatic heterocycles. The monoisotopic (exact) mass is 426 g/mol. The van der Waals surface area contributed by atoms with Gasteiger partial charge in [-0.1, -0.05) is 80.4 Å². The molecular formula is C25H38O2Si2. The highest BCUT2D eigenvalue weighted by atomic mass is 28.3. The highest BCUT2D eigenvalue weighted by Crippen LogP contribution is 2.24. The van der Waals surface area contributed by atoms with Gasteiger partial charge in [0.25, 0.3) is 0 Å². The van der Waals surface area contributed by atoms with Crippen LogP contribution >= 0.6 is 0 Å². The van der Waals surface area contributed by atoms with E-state index < -0.39 is 18.1 Å². The highest BCUT2D eigenvalue weighted by molar-refractivity contribution is 6.52. The summed E-state index contributed by atoms with van der Waals surface area (Å²) in [5.74, 6) is 0.694. The predicted octanol–water partition coefficient (Wildman–Crippen LogP) is 6.02. The molecule has 2 aliphatic rings. The van der Waals surface area contributed by atoms with Crippen molar-refractivity contribution >= 4 is 18.1 Å². The van der Waals surface area contributed by atoms with E-state index in [-0.39, 0.29) is 0 Å². The maximum absolute atomic E-state index is 5.90. The average molecular weight is 427 g/mol. The summed E-state index contributed by atoms with van der Waals surface area (Å²) >= 11 is 0. The molecule has 0 saturated carbocycles. The van der Waals surface area contributed by atoms with Crippen LogP contribution < -0.4 is 0 Å². The van der Waals surface area contributed by atoms with Gasteiger partial charge in [-0.2, -0.15) is 0 Å². The van der Waals surface area contributed by atoms with Crippen molar-refractivity contribution in [2.75, 3.05) is 13.2 Å². The summed E-state index contributed by atoms with van der Waals surface area (Å²) in [6, 6.07) is 27.0. The second-order valence-corrected chi connectivity index (χ2v) is 13.9. The molecule has 0 amide bonds. The maximum atomic E-state index is 5.90. The predicted molar refractivity (Wildman–Crippen MR) is 129 cm³/mol. The van der Waals surface area contributed by atoms with E-state index in [1.165, 1.54) is 67.4 Å². The van der Waals surface area contributed by atoms with Crippen LogP contribution in [0.5, 0.6) is 0 Å². The Morgan fingerprint density at radius 1 is 0.759 bits per heavy atom. The molecule has 3 atom stereocenters. The molecule has 0 aliphatic carbocycles. The van der Waals surface area contributed by atoms with E-state index in [4.69, 9.17) is 8.85 Å². The Bertz CT molecular complexity index is 653. The van der Waals surface area contributed by atoms with Crippen molar-refractivity contribution in [1.82, 2.24) is 0 Å². The molecule has 2 aromatic rings. The van der Waals surface area contributed by atoms with Gasteiger partial charge in [-0.25, -0.2) is 0 Å². The molecule has 29 heavy (non-hydrogen) atoms. The molecule has 0 N–H and O–H groups in total. The van der Waals surface area contributed by atoms with Crippen LogP contribution in [-0.4, -0.2) is 31.3 Å². The Labute approximate surface area is 181 Å². The van der Waals surface area contributed by atoms with E-state index in [0.29, 0.717) is 5.92 Å². The smallest absolute Gasteiger partial charge is 0.181 e. The number of hydrogen-bond donors (Lipinski definition) is 0. The fourth-order valence-corrected chi connectivity index (χ4v) is 9.53. The summed E-state index contributed by atoms with van der Waals surface area (Å²) in [6.07, 6.45) is 6.68. The maximum Gasteiger partial charge on any atom is 0.181 e. The van der Waals surface area contributed by atoms with Crippen molar-refractivity contribution in [1.29, 1.82) is 0 Å². The third-order valence-electron chi connectivity index (χ3n) is 6.14. The Balaban J connectivity index is 0.000000169. The van der Waals surface area contributed by atoms with Gasteiger partial charge in [0.05, 0.1) is 0 Å². The molecular weight excluding hydrogens is 388 g/mol. The molecule has 3 unspecified atom stereocenters. The second-order valence-electron chi connectivity index (χ2n) is 8.56. The van der Waals surface area contributed by atoms with Crippen molar-refractivity contribution in [2.24, 2.45) is 0 Å². The Hall–Kier alpha value is -1.21. The Morgan fingerprint density at radius 3 is 1.93 bits per heavy atom. The lowest BCUT2D eigenvalue weighted by Gasteiger charge is -2.22. The van der Waals surface area contributed by atoms with Crippen molar-refractivity contribution in [3.63, 3.8) is 0 Å². The lowest BCUT2D eigenvalue weighted by Crippen LogP contribution is -2.26. The lowest BCUT2D eigenvalue weighted by molar-refractivity contribution is 0.285. The largest absolute Gasteiger partial charge is 0.420 e. The van der Waals surface area contributed by atoms with Crippen LogP contribution in [0.15, 0.2) is 60.7 Å². The van der Waals surface area contributed by atoms with Crippen LogP contribution in [0.3, 0.4) is 0 Å². The molecule has 158 valence electrons. The molecule has 2 heterocycles. The summed E-state index contributed by atoms with van der Waals surface area (Å²) in [5.41, 5.74) is 2.94. The van der Waals surface area contributed by atoms with Crippen LogP contribution in [0.2, 0.25) is 18.1 Å². The Kier molecular flexibility index (Phi) is 10.2. The van der Waals surface area contributed by atoms with Gasteiger partial charge in [0.2, 0.25) is 0 Å². The van der Waals surface area contributed by atoms with Gasteiger partial charge in [0, 0.05) is 13.2 Å². The molecule has 2 fully saturated rings. The van der Waals surface area contributed by atoms with Gasteiger partial charge < -0.3 is 8.85 Å². The second kappa shape index (κ2) is 13.2. The number of rotatable bonds is 6. The first-order valence-electron chi connectivity index (χ1n) is 11.6. The SMILES string of the molecule is CC(CC[SiH]1CCCCO1)c1ccccc1.c1ccc(C[SiH]2CCCCO2)cc1. The van der Waals surface area contributed by atoms with E-state index >= 15 is 0 Å². The zero-order valence-electron chi connectivity index (χ0n) is 18.1. The van der Waals surface area contributed by atoms with Crippen LogP contribution in [0, 0.1) is 0 Å². The minimum atomic E-state index is -0.853. The highest BCUT2D eigenvalue weighted by Gasteiger charge is 2.17. The van der Waals surface area contributed by atoms with Crippen molar-refractivity contribution in [3.05, 3.63) is 71.8 Å². The topological polar surface area (TPSA) is 18.5 Å². The molecule has 0 bridgehead atoms. The minimum Gasteiger partial charge on any atom is -0.420 e. The molecule has 4 rings (SSSR count). The molecule has 0 spiro atoms. The van der Waals surface area contributed by atoms with Gasteiger partial charge in [0.15, 0.2) is 18.1 Å². The molecule has 2 aliphatic heterocycles. The van der Waals surface area contributed by atoms with Crippen LogP contribution in [-0.2, 0) is 14.9 Å². The zero-order valence-corrected chi connectivity index (χ0v) is 20.4. The van der Waals surface area contributed by atoms with Crippen LogP contribution in [0.4, 0.5) is 0 Å². The van der Waals surface area contributed by atoms with Gasteiger partial charge >= 0.3 is 0 Å². The third-order valence-corrected chi connectivity index (χ3v) is 11.6. The summed E-state index contributed by atoms with van der Waals surface area (Å²) in [5, 5.41) is 0.